The minimum Gasteiger partial charge on any atom is -0.444 e. The molecule has 0 aliphatic carbocycles. The van der Waals surface area contributed by atoms with Crippen molar-refractivity contribution >= 4 is 12.0 Å². The largest absolute Gasteiger partial charge is 0.444 e. The molecule has 2 rings (SSSR count). The summed E-state index contributed by atoms with van der Waals surface area (Å²) >= 11 is 0. The van der Waals surface area contributed by atoms with E-state index >= 15 is 0 Å². The third-order valence-corrected chi connectivity index (χ3v) is 5.38. The Labute approximate surface area is 181 Å². The highest BCUT2D eigenvalue weighted by Crippen LogP contribution is 2.24. The Morgan fingerprint density at radius 2 is 2.00 bits per heavy atom. The summed E-state index contributed by atoms with van der Waals surface area (Å²) in [4.78, 5) is 27.3. The number of fused-ring (bicyclic) bond motifs is 2. The lowest BCUT2D eigenvalue weighted by molar-refractivity contribution is -0.125. The molecule has 2 bridgehead atoms. The number of carbonyl (C=O) groups is 2. The summed E-state index contributed by atoms with van der Waals surface area (Å²) in [6.07, 6.45) is 3.68. The normalized spacial score (nSPS) is 23.2. The third-order valence-electron chi connectivity index (χ3n) is 5.38. The summed E-state index contributed by atoms with van der Waals surface area (Å²) in [6.45, 7) is 8.49. The highest BCUT2D eigenvalue weighted by atomic mass is 16.6. The van der Waals surface area contributed by atoms with E-state index in [4.69, 9.17) is 4.74 Å². The molecule has 2 amide bonds. The van der Waals surface area contributed by atoms with Crippen molar-refractivity contribution < 1.29 is 14.3 Å². The summed E-state index contributed by atoms with van der Waals surface area (Å²) in [6, 6.07) is 8.31. The van der Waals surface area contributed by atoms with Gasteiger partial charge in [0.25, 0.3) is 0 Å². The molecule has 30 heavy (non-hydrogen) atoms. The van der Waals surface area contributed by atoms with Crippen LogP contribution in [0.2, 0.25) is 0 Å². The Kier molecular flexibility index (Phi) is 8.71. The van der Waals surface area contributed by atoms with Crippen molar-refractivity contribution in [2.75, 3.05) is 20.6 Å². The van der Waals surface area contributed by atoms with Crippen LogP contribution in [0.3, 0.4) is 0 Å². The maximum Gasteiger partial charge on any atom is 0.408 e. The van der Waals surface area contributed by atoms with Gasteiger partial charge in [0.2, 0.25) is 5.91 Å². The van der Waals surface area contributed by atoms with Crippen molar-refractivity contribution in [3.8, 4) is 0 Å². The van der Waals surface area contributed by atoms with E-state index < -0.39 is 11.7 Å². The lowest BCUT2D eigenvalue weighted by atomic mass is 9.92. The highest BCUT2D eigenvalue weighted by Gasteiger charge is 2.24. The molecule has 168 valence electrons. The fraction of sp³-hybridized carbons (Fsp3) is 0.667. The van der Waals surface area contributed by atoms with Gasteiger partial charge in [0, 0.05) is 12.0 Å². The minimum atomic E-state index is -0.538. The van der Waals surface area contributed by atoms with E-state index in [1.807, 2.05) is 47.9 Å². The van der Waals surface area contributed by atoms with Crippen molar-refractivity contribution in [1.82, 2.24) is 15.5 Å². The first kappa shape index (κ1) is 24.2. The second-order valence-electron chi connectivity index (χ2n) is 9.78. The summed E-state index contributed by atoms with van der Waals surface area (Å²) in [5.41, 5.74) is 1.72. The molecule has 1 unspecified atom stereocenters. The van der Waals surface area contributed by atoms with E-state index in [1.54, 1.807) is 0 Å². The molecule has 1 heterocycles. The number of ether oxygens (including phenoxy) is 1. The molecule has 1 aliphatic heterocycles. The standard InChI is InChI=1S/C24H39N3O3/c1-17-9-7-12-21(26-23(29)30-24(2,3)4)19-11-8-10-18(15-19)16-20(25-22(17)28)13-14-27(5)6/h8,10-11,15,17,20-21H,7,9,12-14,16H2,1-6H3,(H,25,28)(H,26,29)/t17-,20?,21+/m1/s1. The number of carbonyl (C=O) groups excluding carboxylic acids is 2. The monoisotopic (exact) mass is 417 g/mol. The molecule has 6 nitrogen and oxygen atoms in total. The van der Waals surface area contributed by atoms with Gasteiger partial charge in [-0.25, -0.2) is 4.79 Å². The van der Waals surface area contributed by atoms with Crippen LogP contribution in [0.1, 0.15) is 70.5 Å². The van der Waals surface area contributed by atoms with Crippen LogP contribution in [-0.4, -0.2) is 49.2 Å². The fourth-order valence-electron chi connectivity index (χ4n) is 3.74. The van der Waals surface area contributed by atoms with Crippen LogP contribution in [0, 0.1) is 5.92 Å². The molecule has 0 aromatic heterocycles. The molecular formula is C24H39N3O3. The first-order chi connectivity index (χ1) is 14.0. The van der Waals surface area contributed by atoms with E-state index in [2.05, 4.69) is 33.7 Å². The summed E-state index contributed by atoms with van der Waals surface area (Å²) in [5.74, 6) is 0.0685. The molecule has 0 saturated heterocycles. The zero-order valence-corrected chi connectivity index (χ0v) is 19.5. The van der Waals surface area contributed by atoms with Gasteiger partial charge in [0.1, 0.15) is 5.60 Å². The number of benzene rings is 1. The molecule has 1 aromatic carbocycles. The molecule has 2 N–H and O–H groups in total. The van der Waals surface area contributed by atoms with Gasteiger partial charge in [-0.15, -0.1) is 0 Å². The molecule has 1 aliphatic rings. The Bertz CT molecular complexity index is 712. The maximum absolute atomic E-state index is 12.7. The highest BCUT2D eigenvalue weighted by molar-refractivity contribution is 5.78. The van der Waals surface area contributed by atoms with Crippen LogP contribution in [0.4, 0.5) is 4.79 Å². The number of hydrogen-bond donors (Lipinski definition) is 2. The van der Waals surface area contributed by atoms with Crippen LogP contribution in [0.15, 0.2) is 24.3 Å². The predicted octanol–water partition coefficient (Wildman–Crippen LogP) is 4.05. The summed E-state index contributed by atoms with van der Waals surface area (Å²) < 4.78 is 5.48. The molecular weight excluding hydrogens is 378 g/mol. The Morgan fingerprint density at radius 3 is 2.67 bits per heavy atom. The van der Waals surface area contributed by atoms with Crippen molar-refractivity contribution in [1.29, 1.82) is 0 Å². The van der Waals surface area contributed by atoms with E-state index in [0.717, 1.165) is 44.2 Å². The minimum absolute atomic E-state index is 0.0493. The zero-order valence-electron chi connectivity index (χ0n) is 19.5. The number of nitrogens with zero attached hydrogens (tertiary/aromatic N) is 1. The summed E-state index contributed by atoms with van der Waals surface area (Å²) in [5, 5.41) is 6.31. The van der Waals surface area contributed by atoms with Gasteiger partial charge in [-0.1, -0.05) is 37.6 Å². The number of rotatable bonds is 4. The topological polar surface area (TPSA) is 70.7 Å². The van der Waals surface area contributed by atoms with Crippen LogP contribution in [0.5, 0.6) is 0 Å². The Hall–Kier alpha value is -2.08. The number of nitrogens with one attached hydrogen (secondary N) is 2. The quantitative estimate of drug-likeness (QED) is 0.775. The number of amides is 2. The molecule has 0 radical (unpaired) electrons. The van der Waals surface area contributed by atoms with Gasteiger partial charge in [-0.2, -0.15) is 0 Å². The van der Waals surface area contributed by atoms with Gasteiger partial charge in [0.05, 0.1) is 6.04 Å². The Morgan fingerprint density at radius 1 is 1.27 bits per heavy atom. The van der Waals surface area contributed by atoms with Gasteiger partial charge in [-0.05, 0) is 78.2 Å². The van der Waals surface area contributed by atoms with Gasteiger partial charge < -0.3 is 20.3 Å². The van der Waals surface area contributed by atoms with E-state index in [0.29, 0.717) is 0 Å². The van der Waals surface area contributed by atoms with E-state index in [-0.39, 0.29) is 23.9 Å². The summed E-state index contributed by atoms with van der Waals surface area (Å²) in [7, 11) is 4.10. The molecule has 6 heteroatoms. The number of alkyl carbamates (subject to hydrolysis) is 1. The van der Waals surface area contributed by atoms with Gasteiger partial charge in [-0.3, -0.25) is 4.79 Å². The van der Waals surface area contributed by atoms with Crippen LogP contribution in [-0.2, 0) is 16.0 Å². The number of hydrogen-bond acceptors (Lipinski definition) is 4. The van der Waals surface area contributed by atoms with Gasteiger partial charge in [0.15, 0.2) is 0 Å². The van der Waals surface area contributed by atoms with E-state index in [1.165, 1.54) is 5.56 Å². The first-order valence-electron chi connectivity index (χ1n) is 11.1. The van der Waals surface area contributed by atoms with Crippen molar-refractivity contribution in [3.05, 3.63) is 35.4 Å². The van der Waals surface area contributed by atoms with Crippen LogP contribution >= 0.6 is 0 Å². The Balaban J connectivity index is 2.24. The van der Waals surface area contributed by atoms with Crippen molar-refractivity contribution in [3.63, 3.8) is 0 Å². The lowest BCUT2D eigenvalue weighted by Crippen LogP contribution is -2.41. The van der Waals surface area contributed by atoms with Crippen molar-refractivity contribution in [2.45, 2.75) is 77.5 Å². The lowest BCUT2D eigenvalue weighted by Gasteiger charge is -2.27. The SMILES string of the molecule is C[C@@H]1CCC[C@H](NC(=O)OC(C)(C)C)c2cccc(c2)CC(CCN(C)C)NC1=O. The average Bonchev–Trinajstić information content (AvgIpc) is 2.63. The smallest absolute Gasteiger partial charge is 0.408 e. The predicted molar refractivity (Wildman–Crippen MR) is 120 cm³/mol. The van der Waals surface area contributed by atoms with Crippen LogP contribution in [0.25, 0.3) is 0 Å². The second kappa shape index (κ2) is 10.8. The van der Waals surface area contributed by atoms with Crippen molar-refractivity contribution in [2.24, 2.45) is 5.92 Å². The van der Waals surface area contributed by atoms with Crippen LogP contribution < -0.4 is 10.6 Å². The third kappa shape index (κ3) is 8.34. The maximum atomic E-state index is 12.7. The molecule has 3 atom stereocenters. The molecule has 0 saturated carbocycles. The first-order valence-corrected chi connectivity index (χ1v) is 11.1. The van der Waals surface area contributed by atoms with E-state index in [9.17, 15) is 9.59 Å². The fourth-order valence-corrected chi connectivity index (χ4v) is 3.74. The second-order valence-corrected chi connectivity index (χ2v) is 9.78. The van der Waals surface area contributed by atoms with Gasteiger partial charge >= 0.3 is 6.09 Å². The molecule has 1 aromatic rings. The zero-order chi connectivity index (χ0) is 22.3. The molecule has 0 spiro atoms. The molecule has 0 fully saturated rings. The average molecular weight is 418 g/mol.